The summed E-state index contributed by atoms with van der Waals surface area (Å²) in [5, 5.41) is 0. The monoisotopic (exact) mass is 486 g/mol. The summed E-state index contributed by atoms with van der Waals surface area (Å²) in [6, 6.07) is 1.55. The Hall–Kier alpha value is -0.0800. The molecule has 2 nitrogen and oxygen atoms in total. The lowest BCUT2D eigenvalue weighted by Crippen LogP contribution is -2.63. The normalized spacial score (nSPS) is 34.9. The first-order valence-electron chi connectivity index (χ1n) is 15.4. The van der Waals surface area contributed by atoms with Crippen molar-refractivity contribution in [3.05, 3.63) is 0 Å². The molecule has 2 spiro atoms. The highest BCUT2D eigenvalue weighted by Gasteiger charge is 2.57. The van der Waals surface area contributed by atoms with Gasteiger partial charge < -0.3 is 0 Å². The van der Waals surface area contributed by atoms with Crippen molar-refractivity contribution in [2.24, 2.45) is 22.2 Å². The Morgan fingerprint density at radius 1 is 0.686 bits per heavy atom. The van der Waals surface area contributed by atoms with Gasteiger partial charge in [0.15, 0.2) is 0 Å². The molecule has 2 saturated carbocycles. The van der Waals surface area contributed by atoms with Gasteiger partial charge in [0, 0.05) is 28.7 Å². The zero-order chi connectivity index (χ0) is 26.1. The molecule has 0 N–H and O–H groups in total. The van der Waals surface area contributed by atoms with E-state index < -0.39 is 0 Å². The molecular weight excluding hydrogens is 424 g/mol. The molecule has 4 rings (SSSR count). The number of piperidine rings is 2. The highest BCUT2D eigenvalue weighted by Crippen LogP contribution is 2.61. The van der Waals surface area contributed by atoms with Crippen LogP contribution in [0.5, 0.6) is 0 Å². The smallest absolute Gasteiger partial charge is 0.0219 e. The lowest BCUT2D eigenvalue weighted by atomic mass is 9.50. The minimum atomic E-state index is 0.282. The molecule has 2 aliphatic carbocycles. The zero-order valence-corrected chi connectivity index (χ0v) is 25.8. The minimum Gasteiger partial charge on any atom is -0.295 e. The summed E-state index contributed by atoms with van der Waals surface area (Å²) in [5.74, 6) is 0.939. The molecule has 4 aliphatic rings. The fraction of sp³-hybridized carbons (Fsp3) is 1.00. The lowest BCUT2D eigenvalue weighted by molar-refractivity contribution is -0.126. The van der Waals surface area contributed by atoms with Gasteiger partial charge in [-0.2, -0.15) is 0 Å². The van der Waals surface area contributed by atoms with Crippen LogP contribution in [-0.2, 0) is 0 Å². The molecular formula is C33H62N2. The third kappa shape index (κ3) is 6.00. The second-order valence-corrected chi connectivity index (χ2v) is 17.8. The molecule has 0 aromatic heterocycles. The maximum atomic E-state index is 3.01. The highest BCUT2D eigenvalue weighted by molar-refractivity contribution is 5.12. The van der Waals surface area contributed by atoms with Gasteiger partial charge in [-0.3, -0.25) is 9.80 Å². The first-order valence-corrected chi connectivity index (χ1v) is 15.4. The molecule has 204 valence electrons. The maximum absolute atomic E-state index is 3.01. The number of rotatable bonds is 5. The van der Waals surface area contributed by atoms with Gasteiger partial charge >= 0.3 is 0 Å². The second-order valence-electron chi connectivity index (χ2n) is 17.8. The average Bonchev–Trinajstić information content (AvgIpc) is 3.37. The Labute approximate surface area is 220 Å². The van der Waals surface area contributed by atoms with Gasteiger partial charge in [-0.25, -0.2) is 0 Å². The summed E-state index contributed by atoms with van der Waals surface area (Å²) in [7, 11) is 0. The van der Waals surface area contributed by atoms with E-state index in [1.807, 2.05) is 0 Å². The van der Waals surface area contributed by atoms with E-state index in [0.29, 0.717) is 27.3 Å². The molecule has 35 heavy (non-hydrogen) atoms. The van der Waals surface area contributed by atoms with Gasteiger partial charge in [0.25, 0.3) is 0 Å². The lowest BCUT2D eigenvalue weighted by Gasteiger charge is -2.63. The van der Waals surface area contributed by atoms with Crippen molar-refractivity contribution in [3.63, 3.8) is 0 Å². The summed E-state index contributed by atoms with van der Waals surface area (Å²) >= 11 is 0. The Morgan fingerprint density at radius 3 is 1.83 bits per heavy atom. The second kappa shape index (κ2) is 9.00. The highest BCUT2D eigenvalue weighted by atomic mass is 15.3. The molecule has 0 aromatic carbocycles. The Morgan fingerprint density at radius 2 is 1.31 bits per heavy atom. The van der Waals surface area contributed by atoms with Crippen molar-refractivity contribution < 1.29 is 0 Å². The number of hydrogen-bond acceptors (Lipinski definition) is 2. The molecule has 2 heterocycles. The first-order chi connectivity index (χ1) is 15.9. The summed E-state index contributed by atoms with van der Waals surface area (Å²) < 4.78 is 0. The number of likely N-dealkylation sites (tertiary alicyclic amines) is 2. The summed E-state index contributed by atoms with van der Waals surface area (Å²) in [6.45, 7) is 28.7. The standard InChI is InChI=1S/C33H62N2/c1-28(2,3)24-27-32(15-13-19-34(27)29(4,5)6)21-25(22-32)20-31(10,11)23-26-14-12-16-33(17-18-33)35(26)30(7,8)9/h25-27H,12-24H2,1-11H3. The molecule has 2 heteroatoms. The Balaban J connectivity index is 1.42. The van der Waals surface area contributed by atoms with Gasteiger partial charge in [0.2, 0.25) is 0 Å². The van der Waals surface area contributed by atoms with Gasteiger partial charge in [0.05, 0.1) is 0 Å². The van der Waals surface area contributed by atoms with Crippen LogP contribution in [0.25, 0.3) is 0 Å². The van der Waals surface area contributed by atoms with Crippen LogP contribution < -0.4 is 0 Å². The van der Waals surface area contributed by atoms with Crippen molar-refractivity contribution in [2.45, 2.75) is 182 Å². The quantitative estimate of drug-likeness (QED) is 0.382. The zero-order valence-electron chi connectivity index (χ0n) is 25.8. The van der Waals surface area contributed by atoms with Crippen molar-refractivity contribution in [1.29, 1.82) is 0 Å². The van der Waals surface area contributed by atoms with E-state index in [1.54, 1.807) is 0 Å². The summed E-state index contributed by atoms with van der Waals surface area (Å²) in [5.41, 5.74) is 2.59. The van der Waals surface area contributed by atoms with Crippen molar-refractivity contribution >= 4 is 0 Å². The summed E-state index contributed by atoms with van der Waals surface area (Å²) in [6.07, 6.45) is 17.3. The molecule has 0 aromatic rings. The molecule has 4 fully saturated rings. The van der Waals surface area contributed by atoms with Crippen LogP contribution in [-0.4, -0.2) is 45.0 Å². The predicted molar refractivity (Wildman–Crippen MR) is 153 cm³/mol. The van der Waals surface area contributed by atoms with Crippen molar-refractivity contribution in [2.75, 3.05) is 6.54 Å². The van der Waals surface area contributed by atoms with Gasteiger partial charge in [-0.1, -0.05) is 41.0 Å². The third-order valence-corrected chi connectivity index (χ3v) is 10.4. The topological polar surface area (TPSA) is 6.48 Å². The van der Waals surface area contributed by atoms with Crippen LogP contribution >= 0.6 is 0 Å². The number of hydrogen-bond donors (Lipinski definition) is 0. The average molecular weight is 487 g/mol. The molecule has 2 aliphatic heterocycles. The fourth-order valence-corrected chi connectivity index (χ4v) is 9.57. The van der Waals surface area contributed by atoms with Gasteiger partial charge in [-0.15, -0.1) is 0 Å². The van der Waals surface area contributed by atoms with E-state index in [0.717, 1.165) is 18.0 Å². The molecule has 0 amide bonds. The van der Waals surface area contributed by atoms with E-state index in [1.165, 1.54) is 83.6 Å². The summed E-state index contributed by atoms with van der Waals surface area (Å²) in [4.78, 5) is 5.93. The number of nitrogens with zero attached hydrogens (tertiary/aromatic N) is 2. The SMILES string of the molecule is CC(C)(C)CC1N(C(C)(C)C)CCCC12CC(CC(C)(C)CC1CCCC3(CC3)N1C(C)(C)C)C2. The largest absolute Gasteiger partial charge is 0.295 e. The van der Waals surface area contributed by atoms with E-state index in [2.05, 4.69) is 86.0 Å². The maximum Gasteiger partial charge on any atom is 0.0219 e. The van der Waals surface area contributed by atoms with Gasteiger partial charge in [0.1, 0.15) is 0 Å². The molecule has 2 saturated heterocycles. The van der Waals surface area contributed by atoms with E-state index in [-0.39, 0.29) is 5.54 Å². The molecule has 0 radical (unpaired) electrons. The molecule has 2 unspecified atom stereocenters. The third-order valence-electron chi connectivity index (χ3n) is 10.4. The fourth-order valence-electron chi connectivity index (χ4n) is 9.57. The van der Waals surface area contributed by atoms with Crippen LogP contribution in [0.1, 0.15) is 153 Å². The first kappa shape index (κ1) is 27.9. The molecule has 2 atom stereocenters. The van der Waals surface area contributed by atoms with Gasteiger partial charge in [-0.05, 0) is 141 Å². The molecule has 0 bridgehead atoms. The van der Waals surface area contributed by atoms with E-state index >= 15 is 0 Å². The van der Waals surface area contributed by atoms with Crippen LogP contribution in [0.2, 0.25) is 0 Å². The Kier molecular flexibility index (Phi) is 7.18. The van der Waals surface area contributed by atoms with Crippen molar-refractivity contribution in [1.82, 2.24) is 9.80 Å². The van der Waals surface area contributed by atoms with E-state index in [4.69, 9.17) is 0 Å². The minimum absolute atomic E-state index is 0.282. The Bertz CT molecular complexity index is 733. The van der Waals surface area contributed by atoms with E-state index in [9.17, 15) is 0 Å². The van der Waals surface area contributed by atoms with Crippen LogP contribution in [0.3, 0.4) is 0 Å². The predicted octanol–water partition coefficient (Wildman–Crippen LogP) is 9.07. The van der Waals surface area contributed by atoms with Crippen LogP contribution in [0.15, 0.2) is 0 Å². The van der Waals surface area contributed by atoms with Crippen molar-refractivity contribution in [3.8, 4) is 0 Å². The van der Waals surface area contributed by atoms with Crippen LogP contribution in [0.4, 0.5) is 0 Å². The van der Waals surface area contributed by atoms with Crippen LogP contribution in [0, 0.1) is 22.2 Å².